The molecule has 0 fully saturated rings. The van der Waals surface area contributed by atoms with Crippen molar-refractivity contribution in [3.63, 3.8) is 0 Å². The standard InChI is InChI=1S/C9H13NO2.ClH/c1-3-5-10-6-4-8(11)9(12)7(10)2;/h4,6,12H,3,5H2,1-2H3;1H. The third kappa shape index (κ3) is 2.49. The van der Waals surface area contributed by atoms with Gasteiger partial charge in [0, 0.05) is 18.8 Å². The first-order chi connectivity index (χ1) is 5.66. The van der Waals surface area contributed by atoms with E-state index < -0.39 is 0 Å². The van der Waals surface area contributed by atoms with E-state index in [1.807, 2.05) is 4.57 Å². The number of aromatic hydroxyl groups is 1. The normalized spacial score (nSPS) is 9.38. The molecule has 0 saturated carbocycles. The molecule has 0 saturated heterocycles. The van der Waals surface area contributed by atoms with Crippen molar-refractivity contribution in [3.8, 4) is 5.75 Å². The Morgan fingerprint density at radius 1 is 1.54 bits per heavy atom. The quantitative estimate of drug-likeness (QED) is 0.795. The minimum absolute atomic E-state index is 0. The molecule has 0 aliphatic heterocycles. The van der Waals surface area contributed by atoms with Gasteiger partial charge < -0.3 is 9.67 Å². The van der Waals surface area contributed by atoms with Gasteiger partial charge in [0.05, 0.1) is 5.69 Å². The number of aromatic nitrogens is 1. The maximum atomic E-state index is 10.9. The van der Waals surface area contributed by atoms with Crippen LogP contribution >= 0.6 is 12.4 Å². The van der Waals surface area contributed by atoms with Crippen LogP contribution in [0.5, 0.6) is 5.75 Å². The molecule has 1 aromatic heterocycles. The first-order valence-corrected chi connectivity index (χ1v) is 4.05. The Hall–Kier alpha value is -0.960. The van der Waals surface area contributed by atoms with Gasteiger partial charge in [-0.1, -0.05) is 6.92 Å². The minimum Gasteiger partial charge on any atom is -0.503 e. The van der Waals surface area contributed by atoms with E-state index in [4.69, 9.17) is 0 Å². The SMILES string of the molecule is CCCn1ccc(=O)c(O)c1C.Cl. The summed E-state index contributed by atoms with van der Waals surface area (Å²) < 4.78 is 1.87. The number of nitrogens with zero attached hydrogens (tertiary/aromatic N) is 1. The van der Waals surface area contributed by atoms with Crippen molar-refractivity contribution in [1.82, 2.24) is 4.57 Å². The van der Waals surface area contributed by atoms with E-state index in [1.54, 1.807) is 13.1 Å². The molecule has 1 aromatic rings. The Kier molecular flexibility index (Phi) is 4.56. The summed E-state index contributed by atoms with van der Waals surface area (Å²) in [5, 5.41) is 9.28. The predicted molar refractivity (Wildman–Crippen MR) is 54.6 cm³/mol. The summed E-state index contributed by atoms with van der Waals surface area (Å²) in [7, 11) is 0. The van der Waals surface area contributed by atoms with Crippen LogP contribution in [0.2, 0.25) is 0 Å². The summed E-state index contributed by atoms with van der Waals surface area (Å²) in [6, 6.07) is 1.39. The second kappa shape index (κ2) is 4.92. The lowest BCUT2D eigenvalue weighted by Crippen LogP contribution is -2.09. The largest absolute Gasteiger partial charge is 0.503 e. The summed E-state index contributed by atoms with van der Waals surface area (Å²) in [5.74, 6) is -0.133. The summed E-state index contributed by atoms with van der Waals surface area (Å²) in [6.07, 6.45) is 2.70. The van der Waals surface area contributed by atoms with Crippen molar-refractivity contribution < 1.29 is 5.11 Å². The van der Waals surface area contributed by atoms with Crippen LogP contribution in [0.1, 0.15) is 19.0 Å². The van der Waals surface area contributed by atoms with E-state index in [0.29, 0.717) is 5.69 Å². The Morgan fingerprint density at radius 3 is 2.69 bits per heavy atom. The third-order valence-electron chi connectivity index (χ3n) is 1.88. The van der Waals surface area contributed by atoms with E-state index in [9.17, 15) is 9.90 Å². The molecule has 0 aliphatic carbocycles. The topological polar surface area (TPSA) is 42.2 Å². The second-order valence-electron chi connectivity index (χ2n) is 2.81. The Balaban J connectivity index is 0.00000144. The fourth-order valence-corrected chi connectivity index (χ4v) is 1.15. The smallest absolute Gasteiger partial charge is 0.223 e. The van der Waals surface area contributed by atoms with Crippen molar-refractivity contribution in [3.05, 3.63) is 28.2 Å². The molecular weight excluding hydrogens is 190 g/mol. The molecule has 13 heavy (non-hydrogen) atoms. The molecule has 0 radical (unpaired) electrons. The van der Waals surface area contributed by atoms with Gasteiger partial charge in [0.2, 0.25) is 5.43 Å². The van der Waals surface area contributed by atoms with Crippen molar-refractivity contribution in [2.45, 2.75) is 26.8 Å². The van der Waals surface area contributed by atoms with Gasteiger partial charge in [-0.05, 0) is 13.3 Å². The van der Waals surface area contributed by atoms with Gasteiger partial charge in [0.25, 0.3) is 0 Å². The molecule has 4 heteroatoms. The Morgan fingerprint density at radius 2 is 2.15 bits per heavy atom. The highest BCUT2D eigenvalue weighted by Gasteiger charge is 2.03. The second-order valence-corrected chi connectivity index (χ2v) is 2.81. The van der Waals surface area contributed by atoms with Crippen LogP contribution in [0, 0.1) is 6.92 Å². The molecule has 0 aromatic carbocycles. The zero-order valence-electron chi connectivity index (χ0n) is 7.78. The van der Waals surface area contributed by atoms with Gasteiger partial charge in [-0.2, -0.15) is 0 Å². The van der Waals surface area contributed by atoms with Gasteiger partial charge in [0.1, 0.15) is 0 Å². The molecule has 1 rings (SSSR count). The van der Waals surface area contributed by atoms with Crippen LogP contribution in [-0.2, 0) is 6.54 Å². The first-order valence-electron chi connectivity index (χ1n) is 4.05. The van der Waals surface area contributed by atoms with Gasteiger partial charge in [0.15, 0.2) is 5.75 Å². The molecule has 0 aliphatic rings. The highest BCUT2D eigenvalue weighted by atomic mass is 35.5. The third-order valence-corrected chi connectivity index (χ3v) is 1.88. The van der Waals surface area contributed by atoms with Crippen molar-refractivity contribution in [1.29, 1.82) is 0 Å². The van der Waals surface area contributed by atoms with Gasteiger partial charge in [-0.15, -0.1) is 12.4 Å². The first kappa shape index (κ1) is 12.0. The minimum atomic E-state index is -0.306. The molecule has 0 atom stereocenters. The molecule has 0 spiro atoms. The van der Waals surface area contributed by atoms with Crippen LogP contribution < -0.4 is 5.43 Å². The van der Waals surface area contributed by atoms with Crippen LogP contribution in [0.4, 0.5) is 0 Å². The average molecular weight is 204 g/mol. The number of hydrogen-bond acceptors (Lipinski definition) is 2. The van der Waals surface area contributed by atoms with E-state index >= 15 is 0 Å². The lowest BCUT2D eigenvalue weighted by atomic mass is 10.3. The van der Waals surface area contributed by atoms with Crippen LogP contribution in [0.3, 0.4) is 0 Å². The fourth-order valence-electron chi connectivity index (χ4n) is 1.15. The Bertz CT molecular complexity index is 333. The average Bonchev–Trinajstić information content (AvgIpc) is 2.07. The lowest BCUT2D eigenvalue weighted by molar-refractivity contribution is 0.452. The van der Waals surface area contributed by atoms with Crippen molar-refractivity contribution >= 4 is 12.4 Å². The predicted octanol–water partition coefficient (Wildman–Crippen LogP) is 1.69. The molecule has 3 nitrogen and oxygen atoms in total. The van der Waals surface area contributed by atoms with E-state index in [2.05, 4.69) is 6.92 Å². The fraction of sp³-hybridized carbons (Fsp3) is 0.444. The lowest BCUT2D eigenvalue weighted by Gasteiger charge is -2.09. The highest BCUT2D eigenvalue weighted by Crippen LogP contribution is 2.09. The van der Waals surface area contributed by atoms with Crippen LogP contribution in [-0.4, -0.2) is 9.67 Å². The van der Waals surface area contributed by atoms with Crippen molar-refractivity contribution in [2.75, 3.05) is 0 Å². The molecule has 0 amide bonds. The van der Waals surface area contributed by atoms with Gasteiger partial charge in [-0.3, -0.25) is 4.79 Å². The summed E-state index contributed by atoms with van der Waals surface area (Å²) in [5.41, 5.74) is 0.337. The number of hydrogen-bond donors (Lipinski definition) is 1. The number of halogens is 1. The number of aryl methyl sites for hydroxylation is 1. The molecule has 1 heterocycles. The van der Waals surface area contributed by atoms with Gasteiger partial charge in [-0.25, -0.2) is 0 Å². The molecule has 74 valence electrons. The summed E-state index contributed by atoms with van der Waals surface area (Å²) in [6.45, 7) is 4.63. The molecule has 0 bridgehead atoms. The maximum absolute atomic E-state index is 10.9. The zero-order chi connectivity index (χ0) is 9.14. The summed E-state index contributed by atoms with van der Waals surface area (Å²) in [4.78, 5) is 10.9. The van der Waals surface area contributed by atoms with Crippen LogP contribution in [0.15, 0.2) is 17.1 Å². The van der Waals surface area contributed by atoms with Crippen LogP contribution in [0.25, 0.3) is 0 Å². The zero-order valence-corrected chi connectivity index (χ0v) is 8.60. The van der Waals surface area contributed by atoms with E-state index in [0.717, 1.165) is 13.0 Å². The van der Waals surface area contributed by atoms with E-state index in [-0.39, 0.29) is 23.6 Å². The van der Waals surface area contributed by atoms with E-state index in [1.165, 1.54) is 6.07 Å². The number of pyridine rings is 1. The molecular formula is C9H14ClNO2. The molecule has 0 unspecified atom stereocenters. The monoisotopic (exact) mass is 203 g/mol. The summed E-state index contributed by atoms with van der Waals surface area (Å²) >= 11 is 0. The maximum Gasteiger partial charge on any atom is 0.223 e. The Labute approximate surface area is 83.4 Å². The molecule has 1 N–H and O–H groups in total. The number of rotatable bonds is 2. The van der Waals surface area contributed by atoms with Crippen molar-refractivity contribution in [2.24, 2.45) is 0 Å². The highest BCUT2D eigenvalue weighted by molar-refractivity contribution is 5.85. The van der Waals surface area contributed by atoms with Gasteiger partial charge >= 0.3 is 0 Å².